The lowest BCUT2D eigenvalue weighted by molar-refractivity contribution is -0.671. The van der Waals surface area contributed by atoms with Gasteiger partial charge in [0.15, 0.2) is 6.20 Å². The summed E-state index contributed by atoms with van der Waals surface area (Å²) >= 11 is 0. The molecule has 0 saturated carbocycles. The zero-order chi connectivity index (χ0) is 24.0. The van der Waals surface area contributed by atoms with Crippen LogP contribution in [0.3, 0.4) is 0 Å². The van der Waals surface area contributed by atoms with Gasteiger partial charge in [0.25, 0.3) is 0 Å². The summed E-state index contributed by atoms with van der Waals surface area (Å²) in [5.74, 6) is -0.127. The molecule has 190 valence electrons. The van der Waals surface area contributed by atoms with Crippen molar-refractivity contribution >= 4 is 16.9 Å². The smallest absolute Gasteiger partial charge is 0.335 e. The number of rotatable bonds is 16. The van der Waals surface area contributed by atoms with Crippen LogP contribution in [0.5, 0.6) is 5.75 Å². The lowest BCUT2D eigenvalue weighted by Gasteiger charge is -2.08. The number of benzene rings is 2. The third kappa shape index (κ3) is 10.0. The number of carboxylic acids is 1. The van der Waals surface area contributed by atoms with Crippen LogP contribution in [0.25, 0.3) is 10.9 Å². The Morgan fingerprint density at radius 3 is 2.06 bits per heavy atom. The number of carboxylic acid groups (broad SMARTS) is 1. The van der Waals surface area contributed by atoms with Gasteiger partial charge >= 0.3 is 5.97 Å². The molecule has 0 saturated heterocycles. The van der Waals surface area contributed by atoms with Crippen molar-refractivity contribution in [3.05, 3.63) is 71.9 Å². The Bertz CT molecular complexity index is 1030. The Kier molecular flexibility index (Phi) is 13.4. The van der Waals surface area contributed by atoms with Crippen LogP contribution in [-0.2, 0) is 6.54 Å². The van der Waals surface area contributed by atoms with Crippen molar-refractivity contribution in [1.29, 1.82) is 0 Å². The molecule has 0 radical (unpaired) electrons. The lowest BCUT2D eigenvalue weighted by Crippen LogP contribution is -3.00. The molecule has 1 N–H and O–H groups in total. The zero-order valence-corrected chi connectivity index (χ0v) is 22.6. The molecule has 2 aromatic carbocycles. The first kappa shape index (κ1) is 28.8. The van der Waals surface area contributed by atoms with Gasteiger partial charge in [-0.1, -0.05) is 63.5 Å². The van der Waals surface area contributed by atoms with Crippen molar-refractivity contribution in [2.45, 2.75) is 84.1 Å². The summed E-state index contributed by atoms with van der Waals surface area (Å²) in [6.45, 7) is 3.61. The predicted molar refractivity (Wildman–Crippen MR) is 139 cm³/mol. The molecule has 3 rings (SSSR count). The molecule has 0 aliphatic rings. The number of carbonyl (C=O) groups is 1. The molecule has 0 fully saturated rings. The number of unbranched alkanes of at least 4 members (excludes halogenated alkanes) is 10. The summed E-state index contributed by atoms with van der Waals surface area (Å²) in [7, 11) is 0. The highest BCUT2D eigenvalue weighted by Gasteiger charge is 2.08. The van der Waals surface area contributed by atoms with Gasteiger partial charge in [-0.15, -0.1) is 0 Å². The number of hydrogen-bond donors (Lipinski definition) is 1. The molecule has 35 heavy (non-hydrogen) atoms. The maximum atomic E-state index is 11.1. The van der Waals surface area contributed by atoms with Crippen LogP contribution in [0, 0.1) is 6.92 Å². The summed E-state index contributed by atoms with van der Waals surface area (Å²) in [6.07, 6.45) is 16.3. The van der Waals surface area contributed by atoms with Crippen molar-refractivity contribution in [1.82, 2.24) is 0 Å². The molecule has 0 aliphatic carbocycles. The molecule has 0 atom stereocenters. The molecule has 0 amide bonds. The summed E-state index contributed by atoms with van der Waals surface area (Å²) in [5.41, 5.74) is 2.42. The SMILES string of the molecule is Cc1cc(OCCCCCCCCCCCCC[n+]2cccc3ccccc32)ccc1C(=O)O.[Br-]. The molecule has 0 unspecified atom stereocenters. The third-order valence-corrected chi connectivity index (χ3v) is 6.53. The molecule has 0 spiro atoms. The summed E-state index contributed by atoms with van der Waals surface area (Å²) in [5, 5.41) is 10.4. The van der Waals surface area contributed by atoms with Gasteiger partial charge in [-0.25, -0.2) is 4.79 Å². The van der Waals surface area contributed by atoms with E-state index in [1.165, 1.54) is 75.1 Å². The van der Waals surface area contributed by atoms with Gasteiger partial charge in [-0.3, -0.25) is 0 Å². The van der Waals surface area contributed by atoms with Crippen molar-refractivity contribution in [3.8, 4) is 5.75 Å². The average molecular weight is 543 g/mol. The van der Waals surface area contributed by atoms with Crippen LogP contribution in [0.4, 0.5) is 0 Å². The van der Waals surface area contributed by atoms with Crippen LogP contribution in [0.2, 0.25) is 0 Å². The highest BCUT2D eigenvalue weighted by atomic mass is 79.9. The summed E-state index contributed by atoms with van der Waals surface area (Å²) < 4.78 is 8.15. The first-order valence-corrected chi connectivity index (χ1v) is 13.0. The van der Waals surface area contributed by atoms with Crippen LogP contribution < -0.4 is 26.3 Å². The molecule has 0 aliphatic heterocycles. The maximum absolute atomic E-state index is 11.1. The van der Waals surface area contributed by atoms with E-state index in [1.54, 1.807) is 12.1 Å². The van der Waals surface area contributed by atoms with E-state index < -0.39 is 5.97 Å². The van der Waals surface area contributed by atoms with E-state index >= 15 is 0 Å². The van der Waals surface area contributed by atoms with Crippen molar-refractivity contribution in [3.63, 3.8) is 0 Å². The minimum Gasteiger partial charge on any atom is -1.00 e. The third-order valence-electron chi connectivity index (χ3n) is 6.53. The van der Waals surface area contributed by atoms with Gasteiger partial charge < -0.3 is 26.8 Å². The zero-order valence-electron chi connectivity index (χ0n) is 21.1. The highest BCUT2D eigenvalue weighted by molar-refractivity contribution is 5.89. The Morgan fingerprint density at radius 1 is 0.800 bits per heavy atom. The normalized spacial score (nSPS) is 10.8. The van der Waals surface area contributed by atoms with Gasteiger partial charge in [0.1, 0.15) is 12.3 Å². The number of pyridine rings is 1. The predicted octanol–water partition coefficient (Wildman–Crippen LogP) is 4.51. The summed E-state index contributed by atoms with van der Waals surface area (Å²) in [6, 6.07) is 18.1. The number of aromatic nitrogens is 1. The van der Waals surface area contributed by atoms with Gasteiger partial charge in [-0.2, -0.15) is 4.57 Å². The van der Waals surface area contributed by atoms with Gasteiger partial charge in [-0.05, 0) is 55.7 Å². The fourth-order valence-corrected chi connectivity index (χ4v) is 4.55. The second-order valence-corrected chi connectivity index (χ2v) is 9.28. The standard InChI is InChI=1S/C30H39NO3.BrH/c1-25-24-27(19-20-28(25)30(32)33)34-23-14-10-8-6-4-2-3-5-7-9-13-21-31-22-15-17-26-16-11-12-18-29(26)31;/h11-12,15-20,22,24H,2-10,13-14,21,23H2,1H3;1H. The number of nitrogens with zero attached hydrogens (tertiary/aromatic N) is 1. The van der Waals surface area contributed by atoms with Crippen LogP contribution in [-0.4, -0.2) is 17.7 Å². The van der Waals surface area contributed by atoms with Crippen LogP contribution >= 0.6 is 0 Å². The van der Waals surface area contributed by atoms with Gasteiger partial charge in [0.2, 0.25) is 5.52 Å². The van der Waals surface area contributed by atoms with Crippen molar-refractivity contribution in [2.75, 3.05) is 6.61 Å². The number of hydrogen-bond acceptors (Lipinski definition) is 2. The number of ether oxygens (including phenoxy) is 1. The van der Waals surface area contributed by atoms with Crippen LogP contribution in [0.15, 0.2) is 60.8 Å². The van der Waals surface area contributed by atoms with E-state index in [0.29, 0.717) is 12.2 Å². The summed E-state index contributed by atoms with van der Waals surface area (Å²) in [4.78, 5) is 11.1. The van der Waals surface area contributed by atoms with E-state index in [4.69, 9.17) is 9.84 Å². The minimum atomic E-state index is -0.889. The van der Waals surface area contributed by atoms with Crippen LogP contribution in [0.1, 0.15) is 86.6 Å². The van der Waals surface area contributed by atoms with E-state index in [2.05, 4.69) is 47.2 Å². The average Bonchev–Trinajstić information content (AvgIpc) is 2.84. The highest BCUT2D eigenvalue weighted by Crippen LogP contribution is 2.18. The fraction of sp³-hybridized carbons (Fsp3) is 0.467. The second kappa shape index (κ2) is 16.3. The first-order chi connectivity index (χ1) is 16.6. The number of fused-ring (bicyclic) bond motifs is 1. The van der Waals surface area contributed by atoms with Gasteiger partial charge in [0.05, 0.1) is 12.2 Å². The lowest BCUT2D eigenvalue weighted by atomic mass is 10.1. The van der Waals surface area contributed by atoms with E-state index in [0.717, 1.165) is 24.3 Å². The monoisotopic (exact) mass is 541 g/mol. The Morgan fingerprint density at radius 2 is 1.40 bits per heavy atom. The Balaban J connectivity index is 0.00000432. The van der Waals surface area contributed by atoms with Gasteiger partial charge in [0, 0.05) is 23.9 Å². The quantitative estimate of drug-likeness (QED) is 0.214. The number of para-hydroxylation sites is 1. The topological polar surface area (TPSA) is 50.4 Å². The maximum Gasteiger partial charge on any atom is 0.335 e. The molecule has 3 aromatic rings. The van der Waals surface area contributed by atoms with E-state index in [-0.39, 0.29) is 17.0 Å². The fourth-order valence-electron chi connectivity index (χ4n) is 4.55. The molecule has 0 bridgehead atoms. The Labute approximate surface area is 221 Å². The van der Waals surface area contributed by atoms with Crippen molar-refractivity contribution < 1.29 is 36.2 Å². The van der Waals surface area contributed by atoms with Crippen molar-refractivity contribution in [2.24, 2.45) is 0 Å². The molecular formula is C30H40BrNO3. The number of aryl methyl sites for hydroxylation is 2. The first-order valence-electron chi connectivity index (χ1n) is 13.0. The van der Waals surface area contributed by atoms with E-state index in [9.17, 15) is 4.79 Å². The number of halogens is 1. The molecule has 5 heteroatoms. The number of aromatic carboxylic acids is 1. The molecule has 1 heterocycles. The molecule has 1 aromatic heterocycles. The second-order valence-electron chi connectivity index (χ2n) is 9.28. The molecule has 4 nitrogen and oxygen atoms in total. The largest absolute Gasteiger partial charge is 1.00 e. The minimum absolute atomic E-state index is 0. The Hall–Kier alpha value is -2.40. The van der Waals surface area contributed by atoms with E-state index in [1.807, 2.05) is 13.0 Å². The molecular weight excluding hydrogens is 502 g/mol.